The first-order valence-electron chi connectivity index (χ1n) is 10.8. The molecule has 2 amide bonds. The molecule has 5 aromatic rings. The number of fused-ring (bicyclic) bond motifs is 1. The minimum atomic E-state index is -0.476. The fraction of sp³-hybridized carbons (Fsp3) is 0. The molecule has 0 aliphatic heterocycles. The largest absolute Gasteiger partial charge is 0.322 e. The maximum absolute atomic E-state index is 12.8. The number of nitro groups is 1. The molecule has 0 unspecified atom stereocenters. The predicted octanol–water partition coefficient (Wildman–Crippen LogP) is 5.77. The van der Waals surface area contributed by atoms with Crippen LogP contribution in [-0.2, 0) is 0 Å². The maximum atomic E-state index is 12.8. The highest BCUT2D eigenvalue weighted by atomic mass is 32.1. The van der Waals surface area contributed by atoms with Crippen LogP contribution in [0.1, 0.15) is 20.7 Å². The average molecular weight is 496 g/mol. The molecule has 0 fully saturated rings. The Morgan fingerprint density at radius 1 is 0.778 bits per heavy atom. The molecule has 9 nitrogen and oxygen atoms in total. The number of aromatic nitrogens is 2. The van der Waals surface area contributed by atoms with Crippen molar-refractivity contribution in [3.8, 4) is 10.6 Å². The minimum absolute atomic E-state index is 0.0199. The van der Waals surface area contributed by atoms with E-state index < -0.39 is 4.92 Å². The van der Waals surface area contributed by atoms with Crippen molar-refractivity contribution in [3.05, 3.63) is 112 Å². The first-order chi connectivity index (χ1) is 17.5. The Morgan fingerprint density at radius 3 is 2.25 bits per heavy atom. The molecule has 0 atom stereocenters. The highest BCUT2D eigenvalue weighted by molar-refractivity contribution is 7.18. The van der Waals surface area contributed by atoms with E-state index in [2.05, 4.69) is 20.8 Å². The zero-order chi connectivity index (χ0) is 25.1. The Bertz CT molecular complexity index is 1590. The van der Waals surface area contributed by atoms with Crippen LogP contribution in [-0.4, -0.2) is 26.9 Å². The van der Waals surface area contributed by atoms with E-state index in [1.807, 2.05) is 36.4 Å². The van der Waals surface area contributed by atoms with E-state index in [0.717, 1.165) is 22.1 Å². The van der Waals surface area contributed by atoms with E-state index in [-0.39, 0.29) is 17.5 Å². The van der Waals surface area contributed by atoms with E-state index in [9.17, 15) is 19.7 Å². The molecule has 0 saturated carbocycles. The number of non-ortho nitro benzene ring substituents is 1. The highest BCUT2D eigenvalue weighted by Gasteiger charge is 2.14. The summed E-state index contributed by atoms with van der Waals surface area (Å²) in [7, 11) is 0. The summed E-state index contributed by atoms with van der Waals surface area (Å²) in [6, 6.07) is 25.7. The number of hydrogen-bond donors (Lipinski definition) is 2. The van der Waals surface area contributed by atoms with Crippen molar-refractivity contribution in [1.29, 1.82) is 0 Å². The first kappa shape index (κ1) is 22.8. The molecule has 0 aliphatic carbocycles. The van der Waals surface area contributed by atoms with Gasteiger partial charge in [0.05, 0.1) is 4.92 Å². The normalized spacial score (nSPS) is 10.7. The minimum Gasteiger partial charge on any atom is -0.322 e. The summed E-state index contributed by atoms with van der Waals surface area (Å²) in [6.45, 7) is 0. The lowest BCUT2D eigenvalue weighted by Crippen LogP contribution is -2.14. The van der Waals surface area contributed by atoms with Crippen molar-refractivity contribution in [3.63, 3.8) is 0 Å². The standard InChI is InChI=1S/C26H17N5O4S/c32-23(28-26-30-29-25(36-26)18-10-14-20(15-11-18)31(34)35)17-8-12-19(13-9-17)27-24(33)22-7-3-5-16-4-1-2-6-21(16)22/h1-15H,(H,27,33)(H,28,30,32). The Balaban J connectivity index is 1.24. The van der Waals surface area contributed by atoms with Crippen molar-refractivity contribution in [2.75, 3.05) is 10.6 Å². The van der Waals surface area contributed by atoms with Gasteiger partial charge in [-0.25, -0.2) is 0 Å². The van der Waals surface area contributed by atoms with Crippen LogP contribution in [0.15, 0.2) is 91.0 Å². The van der Waals surface area contributed by atoms with E-state index >= 15 is 0 Å². The second kappa shape index (κ2) is 9.72. The van der Waals surface area contributed by atoms with Crippen LogP contribution in [0.25, 0.3) is 21.3 Å². The van der Waals surface area contributed by atoms with Gasteiger partial charge in [0.25, 0.3) is 17.5 Å². The highest BCUT2D eigenvalue weighted by Crippen LogP contribution is 2.28. The SMILES string of the molecule is O=C(Nc1nnc(-c2ccc([N+](=O)[O-])cc2)s1)c1ccc(NC(=O)c2cccc3ccccc23)cc1. The van der Waals surface area contributed by atoms with Gasteiger partial charge in [-0.15, -0.1) is 10.2 Å². The molecule has 1 aromatic heterocycles. The lowest BCUT2D eigenvalue weighted by molar-refractivity contribution is -0.384. The first-order valence-corrected chi connectivity index (χ1v) is 11.6. The van der Waals surface area contributed by atoms with E-state index in [1.54, 1.807) is 42.5 Å². The van der Waals surface area contributed by atoms with Crippen molar-refractivity contribution in [2.24, 2.45) is 0 Å². The topological polar surface area (TPSA) is 127 Å². The van der Waals surface area contributed by atoms with Crippen LogP contribution in [0, 0.1) is 10.1 Å². The molecule has 0 saturated heterocycles. The third-order valence-corrected chi connectivity index (χ3v) is 6.30. The smallest absolute Gasteiger partial charge is 0.269 e. The second-order valence-electron chi connectivity index (χ2n) is 7.73. The molecule has 0 bridgehead atoms. The number of carbonyl (C=O) groups excluding carboxylic acids is 2. The molecule has 4 aromatic carbocycles. The summed E-state index contributed by atoms with van der Waals surface area (Å²) >= 11 is 1.15. The van der Waals surface area contributed by atoms with Gasteiger partial charge in [-0.2, -0.15) is 0 Å². The number of anilines is 2. The van der Waals surface area contributed by atoms with E-state index in [4.69, 9.17) is 0 Å². The molecule has 0 aliphatic rings. The Labute approximate surface area is 208 Å². The number of nitro benzene ring substituents is 1. The zero-order valence-corrected chi connectivity index (χ0v) is 19.4. The van der Waals surface area contributed by atoms with Gasteiger partial charge in [-0.3, -0.25) is 25.0 Å². The molecule has 176 valence electrons. The number of benzene rings is 4. The Hall–Kier alpha value is -4.96. The number of nitrogens with zero attached hydrogens (tertiary/aromatic N) is 3. The van der Waals surface area contributed by atoms with E-state index in [1.165, 1.54) is 12.1 Å². The number of carbonyl (C=O) groups is 2. The molecular weight excluding hydrogens is 478 g/mol. The third kappa shape index (κ3) is 4.79. The summed E-state index contributed by atoms with van der Waals surface area (Å²) in [4.78, 5) is 35.8. The lowest BCUT2D eigenvalue weighted by atomic mass is 10.0. The van der Waals surface area contributed by atoms with E-state index in [0.29, 0.717) is 32.5 Å². The number of amides is 2. The van der Waals surface area contributed by atoms with Gasteiger partial charge in [0.15, 0.2) is 0 Å². The maximum Gasteiger partial charge on any atom is 0.269 e. The Kier molecular flexibility index (Phi) is 6.16. The monoisotopic (exact) mass is 495 g/mol. The summed E-state index contributed by atoms with van der Waals surface area (Å²) in [6.07, 6.45) is 0. The van der Waals surface area contributed by atoms with Crippen molar-refractivity contribution < 1.29 is 14.5 Å². The quantitative estimate of drug-likeness (QED) is 0.227. The van der Waals surface area contributed by atoms with Gasteiger partial charge < -0.3 is 5.32 Å². The van der Waals surface area contributed by atoms with Crippen LogP contribution in [0.5, 0.6) is 0 Å². The molecule has 5 rings (SSSR count). The van der Waals surface area contributed by atoms with Gasteiger partial charge in [-0.1, -0.05) is 47.7 Å². The van der Waals surface area contributed by atoms with Gasteiger partial charge in [0.1, 0.15) is 5.01 Å². The summed E-state index contributed by atoms with van der Waals surface area (Å²) in [5.41, 5.74) is 2.14. The van der Waals surface area contributed by atoms with Crippen molar-refractivity contribution >= 4 is 50.4 Å². The zero-order valence-electron chi connectivity index (χ0n) is 18.5. The summed E-state index contributed by atoms with van der Waals surface area (Å²) < 4.78 is 0. The molecule has 0 spiro atoms. The van der Waals surface area contributed by atoms with Crippen LogP contribution < -0.4 is 10.6 Å². The van der Waals surface area contributed by atoms with Crippen LogP contribution >= 0.6 is 11.3 Å². The van der Waals surface area contributed by atoms with Gasteiger partial charge in [0.2, 0.25) is 5.13 Å². The number of nitrogens with one attached hydrogen (secondary N) is 2. The fourth-order valence-electron chi connectivity index (χ4n) is 3.61. The second-order valence-corrected chi connectivity index (χ2v) is 8.71. The third-order valence-electron chi connectivity index (χ3n) is 5.41. The van der Waals surface area contributed by atoms with Crippen LogP contribution in [0.2, 0.25) is 0 Å². The average Bonchev–Trinajstić information content (AvgIpc) is 3.37. The number of rotatable bonds is 6. The number of hydrogen-bond acceptors (Lipinski definition) is 7. The molecule has 36 heavy (non-hydrogen) atoms. The van der Waals surface area contributed by atoms with Gasteiger partial charge in [-0.05, 0) is 53.2 Å². The van der Waals surface area contributed by atoms with Crippen LogP contribution in [0.4, 0.5) is 16.5 Å². The van der Waals surface area contributed by atoms with Crippen molar-refractivity contribution in [2.45, 2.75) is 0 Å². The van der Waals surface area contributed by atoms with Gasteiger partial charge in [0, 0.05) is 34.5 Å². The summed E-state index contributed by atoms with van der Waals surface area (Å²) in [5.74, 6) is -0.620. The predicted molar refractivity (Wildman–Crippen MR) is 138 cm³/mol. The molecule has 2 N–H and O–H groups in total. The Morgan fingerprint density at radius 2 is 1.50 bits per heavy atom. The van der Waals surface area contributed by atoms with Crippen LogP contribution in [0.3, 0.4) is 0 Å². The van der Waals surface area contributed by atoms with Gasteiger partial charge >= 0.3 is 0 Å². The van der Waals surface area contributed by atoms with Crippen molar-refractivity contribution in [1.82, 2.24) is 10.2 Å². The fourth-order valence-corrected chi connectivity index (χ4v) is 4.36. The summed E-state index contributed by atoms with van der Waals surface area (Å²) in [5, 5.41) is 27.0. The molecular formula is C26H17N5O4S. The molecule has 10 heteroatoms. The lowest BCUT2D eigenvalue weighted by Gasteiger charge is -2.09. The molecule has 1 heterocycles. The molecule has 0 radical (unpaired) electrons.